The number of carbonyl (C=O) groups excluding carboxylic acids is 2. The molecule has 2 heterocycles. The summed E-state index contributed by atoms with van der Waals surface area (Å²) in [7, 11) is 0. The van der Waals surface area contributed by atoms with Crippen LogP contribution in [0.2, 0.25) is 0 Å². The molecule has 0 bridgehead atoms. The normalized spacial score (nSPS) is 13.4. The Morgan fingerprint density at radius 3 is 2.56 bits per heavy atom. The van der Waals surface area contributed by atoms with Crippen LogP contribution >= 0.6 is 0 Å². The largest absolute Gasteiger partial charge is 0.416 e. The Bertz CT molecular complexity index is 1230. The molecule has 34 heavy (non-hydrogen) atoms. The second kappa shape index (κ2) is 9.62. The second-order valence-corrected chi connectivity index (χ2v) is 8.03. The Labute approximate surface area is 193 Å². The highest BCUT2D eigenvalue weighted by Crippen LogP contribution is 2.31. The average molecular weight is 471 g/mol. The van der Waals surface area contributed by atoms with Crippen molar-refractivity contribution in [3.8, 4) is 0 Å². The van der Waals surface area contributed by atoms with E-state index in [9.17, 15) is 27.2 Å². The van der Waals surface area contributed by atoms with Gasteiger partial charge in [0.25, 0.3) is 5.91 Å². The first-order valence-electron chi connectivity index (χ1n) is 10.7. The van der Waals surface area contributed by atoms with Gasteiger partial charge in [-0.2, -0.15) is 13.2 Å². The van der Waals surface area contributed by atoms with E-state index in [2.05, 4.69) is 10.3 Å². The minimum absolute atomic E-state index is 0.117. The van der Waals surface area contributed by atoms with Crippen LogP contribution in [-0.4, -0.2) is 23.3 Å². The lowest BCUT2D eigenvalue weighted by Crippen LogP contribution is -2.37. The number of rotatable bonds is 5. The van der Waals surface area contributed by atoms with Gasteiger partial charge in [0.15, 0.2) is 0 Å². The number of benzene rings is 2. The van der Waals surface area contributed by atoms with Gasteiger partial charge in [0, 0.05) is 19.3 Å². The lowest BCUT2D eigenvalue weighted by molar-refractivity contribution is -0.137. The van der Waals surface area contributed by atoms with Crippen molar-refractivity contribution in [3.05, 3.63) is 94.6 Å². The smallest absolute Gasteiger partial charge is 0.348 e. The zero-order valence-corrected chi connectivity index (χ0v) is 18.0. The topological polar surface area (TPSA) is 62.3 Å². The molecule has 3 aromatic rings. The molecular formula is C25H21F4N3O2. The van der Waals surface area contributed by atoms with Crippen molar-refractivity contribution in [2.24, 2.45) is 0 Å². The van der Waals surface area contributed by atoms with E-state index in [1.54, 1.807) is 18.2 Å². The molecule has 0 radical (unpaired) electrons. The molecule has 0 unspecified atom stereocenters. The molecule has 0 saturated carbocycles. The van der Waals surface area contributed by atoms with Crippen LogP contribution in [0.3, 0.4) is 0 Å². The summed E-state index contributed by atoms with van der Waals surface area (Å²) in [4.78, 5) is 31.4. The van der Waals surface area contributed by atoms with E-state index < -0.39 is 23.5 Å². The summed E-state index contributed by atoms with van der Waals surface area (Å²) in [6, 6.07) is 12.1. The number of carbonyl (C=O) groups is 2. The lowest BCUT2D eigenvalue weighted by atomic mass is 10.0. The number of aromatic nitrogens is 1. The minimum atomic E-state index is -4.49. The average Bonchev–Trinajstić information content (AvgIpc) is 2.81. The number of amides is 2. The van der Waals surface area contributed by atoms with E-state index in [0.717, 1.165) is 12.1 Å². The third kappa shape index (κ3) is 5.41. The molecule has 4 rings (SSSR count). The Morgan fingerprint density at radius 2 is 1.79 bits per heavy atom. The first-order chi connectivity index (χ1) is 16.2. The fourth-order valence-corrected chi connectivity index (χ4v) is 3.88. The van der Waals surface area contributed by atoms with Crippen LogP contribution in [0.15, 0.2) is 60.8 Å². The number of anilines is 1. The molecule has 0 aliphatic carbocycles. The van der Waals surface area contributed by atoms with Gasteiger partial charge in [-0.1, -0.05) is 30.3 Å². The third-order valence-corrected chi connectivity index (χ3v) is 5.55. The first kappa shape index (κ1) is 23.4. The van der Waals surface area contributed by atoms with Gasteiger partial charge in [0.05, 0.1) is 28.9 Å². The summed E-state index contributed by atoms with van der Waals surface area (Å²) in [5.41, 5.74) is 1.39. The van der Waals surface area contributed by atoms with E-state index in [1.807, 2.05) is 0 Å². The maximum absolute atomic E-state index is 13.3. The molecule has 0 atom stereocenters. The van der Waals surface area contributed by atoms with Crippen molar-refractivity contribution in [2.75, 3.05) is 11.4 Å². The lowest BCUT2D eigenvalue weighted by Gasteiger charge is -2.29. The van der Waals surface area contributed by atoms with Gasteiger partial charge in [-0.3, -0.25) is 14.6 Å². The highest BCUT2D eigenvalue weighted by Gasteiger charge is 2.31. The van der Waals surface area contributed by atoms with Crippen molar-refractivity contribution in [2.45, 2.75) is 32.0 Å². The first-order valence-corrected chi connectivity index (χ1v) is 10.7. The molecule has 1 aliphatic rings. The van der Waals surface area contributed by atoms with Gasteiger partial charge in [-0.05, 0) is 48.2 Å². The number of nitrogens with one attached hydrogen (secondary N) is 1. The number of nitrogens with zero attached hydrogens (tertiary/aromatic N) is 2. The second-order valence-electron chi connectivity index (χ2n) is 8.03. The van der Waals surface area contributed by atoms with Crippen LogP contribution in [-0.2, 0) is 30.4 Å². The fourth-order valence-electron chi connectivity index (χ4n) is 3.88. The maximum atomic E-state index is 13.3. The Morgan fingerprint density at radius 1 is 1.03 bits per heavy atom. The summed E-state index contributed by atoms with van der Waals surface area (Å²) in [5.74, 6) is -1.22. The number of pyridine rings is 1. The minimum Gasteiger partial charge on any atom is -0.348 e. The zero-order chi connectivity index (χ0) is 24.3. The van der Waals surface area contributed by atoms with E-state index in [4.69, 9.17) is 0 Å². The predicted molar refractivity (Wildman–Crippen MR) is 118 cm³/mol. The van der Waals surface area contributed by atoms with Crippen LogP contribution in [0.4, 0.5) is 23.2 Å². The Hall–Kier alpha value is -3.75. The van der Waals surface area contributed by atoms with Gasteiger partial charge < -0.3 is 10.2 Å². The predicted octanol–water partition coefficient (Wildman–Crippen LogP) is 4.69. The highest BCUT2D eigenvalue weighted by atomic mass is 19.4. The van der Waals surface area contributed by atoms with Gasteiger partial charge in [0.1, 0.15) is 5.82 Å². The van der Waals surface area contributed by atoms with Crippen molar-refractivity contribution in [1.29, 1.82) is 0 Å². The molecule has 1 N–H and O–H groups in total. The SMILES string of the molecule is O=C(NCc1cccc(F)c1)c1cnc2c(c1)N(C(=O)Cc1cccc(C(F)(F)F)c1)CCC2. The summed E-state index contributed by atoms with van der Waals surface area (Å²) in [5, 5.41) is 2.70. The standard InChI is InChI=1S/C25H21F4N3O2/c26-20-7-2-5-17(11-20)14-31-24(34)18-13-22-21(30-15-18)8-3-9-32(22)23(33)12-16-4-1-6-19(10-16)25(27,28)29/h1-2,4-7,10-11,13,15H,3,8-9,12,14H2,(H,31,34). The van der Waals surface area contributed by atoms with Crippen LogP contribution in [0, 0.1) is 5.82 Å². The summed E-state index contributed by atoms with van der Waals surface area (Å²) >= 11 is 0. The molecule has 1 aromatic heterocycles. The van der Waals surface area contributed by atoms with Crippen LogP contribution in [0.1, 0.15) is 39.2 Å². The maximum Gasteiger partial charge on any atom is 0.416 e. The van der Waals surface area contributed by atoms with E-state index in [-0.39, 0.29) is 30.0 Å². The zero-order valence-electron chi connectivity index (χ0n) is 18.0. The molecule has 0 spiro atoms. The molecule has 2 amide bonds. The van der Waals surface area contributed by atoms with Crippen LogP contribution in [0.5, 0.6) is 0 Å². The van der Waals surface area contributed by atoms with E-state index >= 15 is 0 Å². The molecule has 0 saturated heterocycles. The Kier molecular flexibility index (Phi) is 6.63. The number of halogens is 4. The molecule has 9 heteroatoms. The van der Waals surface area contributed by atoms with Gasteiger partial charge in [-0.15, -0.1) is 0 Å². The molecular weight excluding hydrogens is 450 g/mol. The number of alkyl halides is 3. The molecule has 0 fully saturated rings. The van der Waals surface area contributed by atoms with Crippen molar-refractivity contribution in [3.63, 3.8) is 0 Å². The van der Waals surface area contributed by atoms with Crippen molar-refractivity contribution in [1.82, 2.24) is 10.3 Å². The summed E-state index contributed by atoms with van der Waals surface area (Å²) < 4.78 is 52.4. The fraction of sp³-hybridized carbons (Fsp3) is 0.240. The van der Waals surface area contributed by atoms with Gasteiger partial charge in [-0.25, -0.2) is 4.39 Å². The molecule has 176 valence electrons. The number of fused-ring (bicyclic) bond motifs is 1. The summed E-state index contributed by atoms with van der Waals surface area (Å²) in [6.07, 6.45) is -2.01. The highest BCUT2D eigenvalue weighted by molar-refractivity contribution is 5.99. The van der Waals surface area contributed by atoms with Crippen LogP contribution in [0.25, 0.3) is 0 Å². The molecule has 2 aromatic carbocycles. The number of hydrogen-bond acceptors (Lipinski definition) is 3. The van der Waals surface area contributed by atoms with E-state index in [0.29, 0.717) is 36.3 Å². The molecule has 5 nitrogen and oxygen atoms in total. The third-order valence-electron chi connectivity index (χ3n) is 5.55. The van der Waals surface area contributed by atoms with Crippen molar-refractivity contribution < 1.29 is 27.2 Å². The monoisotopic (exact) mass is 471 g/mol. The van der Waals surface area contributed by atoms with Crippen LogP contribution < -0.4 is 10.2 Å². The number of aryl methyl sites for hydroxylation is 1. The molecule has 1 aliphatic heterocycles. The number of hydrogen-bond donors (Lipinski definition) is 1. The van der Waals surface area contributed by atoms with Gasteiger partial charge in [0.2, 0.25) is 5.91 Å². The quantitative estimate of drug-likeness (QED) is 0.549. The summed E-state index contributed by atoms with van der Waals surface area (Å²) in [6.45, 7) is 0.493. The van der Waals surface area contributed by atoms with E-state index in [1.165, 1.54) is 35.4 Å². The van der Waals surface area contributed by atoms with Gasteiger partial charge >= 0.3 is 6.18 Å². The Balaban J connectivity index is 1.50. The van der Waals surface area contributed by atoms with Crippen molar-refractivity contribution >= 4 is 17.5 Å².